The molecule has 0 spiro atoms. The first kappa shape index (κ1) is 15.8. The van der Waals surface area contributed by atoms with Crippen LogP contribution in [0.2, 0.25) is 5.15 Å². The largest absolute Gasteiger partial charge is 0.389 e. The monoisotopic (exact) mass is 321 g/mol. The lowest BCUT2D eigenvalue weighted by Gasteiger charge is -2.35. The number of nitrogens with one attached hydrogen (secondary N) is 1. The summed E-state index contributed by atoms with van der Waals surface area (Å²) in [7, 11) is -2.18. The maximum atomic E-state index is 12.2. The maximum absolute atomic E-state index is 12.2. The van der Waals surface area contributed by atoms with Crippen LogP contribution in [0.5, 0.6) is 0 Å². The summed E-state index contributed by atoms with van der Waals surface area (Å²) >= 11 is 5.89. The molecule has 0 amide bonds. The van der Waals surface area contributed by atoms with Crippen molar-refractivity contribution in [3.05, 3.63) is 11.5 Å². The van der Waals surface area contributed by atoms with Gasteiger partial charge >= 0.3 is 0 Å². The van der Waals surface area contributed by atoms with Gasteiger partial charge < -0.3 is 9.67 Å². The fourth-order valence-electron chi connectivity index (χ4n) is 2.66. The van der Waals surface area contributed by atoms with Crippen molar-refractivity contribution in [2.24, 2.45) is 13.0 Å². The van der Waals surface area contributed by atoms with E-state index < -0.39 is 15.6 Å². The second kappa shape index (κ2) is 5.63. The van der Waals surface area contributed by atoms with Crippen molar-refractivity contribution in [2.75, 3.05) is 6.54 Å². The summed E-state index contributed by atoms with van der Waals surface area (Å²) in [6.45, 7) is 2.06. The second-order valence-corrected chi connectivity index (χ2v) is 7.74. The van der Waals surface area contributed by atoms with Crippen LogP contribution in [0.1, 0.15) is 32.6 Å². The molecular weight excluding hydrogens is 302 g/mol. The molecule has 1 aliphatic carbocycles. The fraction of sp³-hybridized carbons (Fsp3) is 0.750. The average Bonchev–Trinajstić information content (AvgIpc) is 2.68. The first-order chi connectivity index (χ1) is 9.23. The predicted octanol–water partition coefficient (Wildman–Crippen LogP) is 1.29. The molecule has 0 aromatic carbocycles. The quantitative estimate of drug-likeness (QED) is 0.875. The number of aromatic nitrogens is 2. The van der Waals surface area contributed by atoms with Gasteiger partial charge in [-0.25, -0.2) is 18.1 Å². The summed E-state index contributed by atoms with van der Waals surface area (Å²) in [6.07, 6.45) is 4.53. The smallest absolute Gasteiger partial charge is 0.261 e. The molecule has 20 heavy (non-hydrogen) atoms. The highest BCUT2D eigenvalue weighted by Gasteiger charge is 2.34. The third kappa shape index (κ3) is 3.33. The molecule has 0 bridgehead atoms. The number of nitrogens with zero attached hydrogens (tertiary/aromatic N) is 2. The van der Waals surface area contributed by atoms with Gasteiger partial charge in [0, 0.05) is 13.6 Å². The van der Waals surface area contributed by atoms with Crippen LogP contribution in [-0.2, 0) is 17.1 Å². The van der Waals surface area contributed by atoms with E-state index in [0.29, 0.717) is 18.8 Å². The zero-order valence-electron chi connectivity index (χ0n) is 11.6. The maximum Gasteiger partial charge on any atom is 0.261 e. The Labute approximate surface area is 124 Å². The Hall–Kier alpha value is -0.630. The molecule has 114 valence electrons. The van der Waals surface area contributed by atoms with E-state index in [0.717, 1.165) is 12.8 Å². The minimum atomic E-state index is -3.80. The third-order valence-corrected chi connectivity index (χ3v) is 5.64. The van der Waals surface area contributed by atoms with Gasteiger partial charge in [0.2, 0.25) is 5.03 Å². The van der Waals surface area contributed by atoms with Gasteiger partial charge in [0.15, 0.2) is 0 Å². The summed E-state index contributed by atoms with van der Waals surface area (Å²) in [5.41, 5.74) is -0.980. The highest BCUT2D eigenvalue weighted by atomic mass is 35.5. The molecule has 1 heterocycles. The Morgan fingerprint density at radius 2 is 2.35 bits per heavy atom. The number of aryl methyl sites for hydroxylation is 1. The van der Waals surface area contributed by atoms with E-state index >= 15 is 0 Å². The van der Waals surface area contributed by atoms with Crippen molar-refractivity contribution in [2.45, 2.75) is 43.2 Å². The van der Waals surface area contributed by atoms with Crippen LogP contribution in [0.25, 0.3) is 0 Å². The Morgan fingerprint density at radius 1 is 1.65 bits per heavy atom. The number of hydrogen-bond acceptors (Lipinski definition) is 4. The van der Waals surface area contributed by atoms with E-state index in [9.17, 15) is 13.5 Å². The number of imidazole rings is 1. The summed E-state index contributed by atoms with van der Waals surface area (Å²) < 4.78 is 28.1. The Bertz CT molecular complexity index is 587. The van der Waals surface area contributed by atoms with Gasteiger partial charge in [-0.1, -0.05) is 31.4 Å². The lowest BCUT2D eigenvalue weighted by molar-refractivity contribution is -0.00752. The van der Waals surface area contributed by atoms with E-state index in [1.165, 1.54) is 10.9 Å². The number of sulfonamides is 1. The zero-order chi connectivity index (χ0) is 15.0. The number of halogens is 1. The van der Waals surface area contributed by atoms with Crippen molar-refractivity contribution < 1.29 is 13.5 Å². The van der Waals surface area contributed by atoms with Crippen LogP contribution in [0.15, 0.2) is 11.4 Å². The van der Waals surface area contributed by atoms with Gasteiger partial charge in [0.25, 0.3) is 10.0 Å². The van der Waals surface area contributed by atoms with Crippen molar-refractivity contribution in [3.63, 3.8) is 0 Å². The molecule has 2 unspecified atom stereocenters. The first-order valence-electron chi connectivity index (χ1n) is 6.62. The van der Waals surface area contributed by atoms with E-state index in [4.69, 9.17) is 11.6 Å². The highest BCUT2D eigenvalue weighted by molar-refractivity contribution is 7.89. The van der Waals surface area contributed by atoms with Gasteiger partial charge in [-0.3, -0.25) is 0 Å². The second-order valence-electron chi connectivity index (χ2n) is 5.70. The highest BCUT2D eigenvalue weighted by Crippen LogP contribution is 2.32. The summed E-state index contributed by atoms with van der Waals surface area (Å²) in [5.74, 6) is 0.400. The van der Waals surface area contributed by atoms with Crippen molar-refractivity contribution >= 4 is 21.6 Å². The molecule has 1 fully saturated rings. The van der Waals surface area contributed by atoms with Crippen LogP contribution in [0, 0.1) is 5.92 Å². The predicted molar refractivity (Wildman–Crippen MR) is 76.0 cm³/mol. The molecule has 0 aliphatic heterocycles. The Morgan fingerprint density at radius 3 is 2.90 bits per heavy atom. The van der Waals surface area contributed by atoms with Crippen LogP contribution in [0.3, 0.4) is 0 Å². The van der Waals surface area contributed by atoms with Gasteiger partial charge in [-0.15, -0.1) is 0 Å². The molecule has 6 nitrogen and oxygen atoms in total. The summed E-state index contributed by atoms with van der Waals surface area (Å²) in [4.78, 5) is 3.79. The first-order valence-corrected chi connectivity index (χ1v) is 8.48. The normalized spacial score (nSPS) is 27.7. The van der Waals surface area contributed by atoms with Gasteiger partial charge in [0.1, 0.15) is 5.15 Å². The van der Waals surface area contributed by atoms with Crippen LogP contribution >= 0.6 is 11.6 Å². The Kier molecular flexibility index (Phi) is 4.44. The van der Waals surface area contributed by atoms with Crippen LogP contribution in [0.4, 0.5) is 0 Å². The Balaban J connectivity index is 2.08. The molecule has 8 heteroatoms. The van der Waals surface area contributed by atoms with Gasteiger partial charge in [0.05, 0.1) is 11.9 Å². The SMILES string of the molecule is CC1CCCC(O)(CNS(=O)(=O)c2ncn(C)c2Cl)C1. The van der Waals surface area contributed by atoms with E-state index in [1.54, 1.807) is 7.05 Å². The average molecular weight is 322 g/mol. The zero-order valence-corrected chi connectivity index (χ0v) is 13.2. The molecular formula is C12H20ClN3O3S. The number of hydrogen-bond donors (Lipinski definition) is 2. The lowest BCUT2D eigenvalue weighted by Crippen LogP contribution is -2.45. The lowest BCUT2D eigenvalue weighted by atomic mass is 9.79. The molecule has 1 aromatic heterocycles. The molecule has 1 aromatic rings. The fourth-order valence-corrected chi connectivity index (χ4v) is 4.21. The molecule has 0 radical (unpaired) electrons. The summed E-state index contributed by atoms with van der Waals surface area (Å²) in [6, 6.07) is 0. The van der Waals surface area contributed by atoms with Crippen molar-refractivity contribution in [1.82, 2.24) is 14.3 Å². The molecule has 2 N–H and O–H groups in total. The minimum absolute atomic E-state index is 0.00736. The number of rotatable bonds is 4. The van der Waals surface area contributed by atoms with Gasteiger partial charge in [-0.05, 0) is 18.8 Å². The topological polar surface area (TPSA) is 84.2 Å². The summed E-state index contributed by atoms with van der Waals surface area (Å²) in [5, 5.41) is 10.3. The molecule has 0 saturated heterocycles. The molecule has 2 atom stereocenters. The van der Waals surface area contributed by atoms with E-state index in [2.05, 4.69) is 16.6 Å². The molecule has 1 aliphatic rings. The third-order valence-electron chi connectivity index (χ3n) is 3.75. The molecule has 2 rings (SSSR count). The van der Waals surface area contributed by atoms with E-state index in [1.807, 2.05) is 0 Å². The standard InChI is InChI=1S/C12H20ClN3O3S/c1-9-4-3-5-12(17,6-9)7-15-20(18,19)11-10(13)16(2)8-14-11/h8-9,15,17H,3-7H2,1-2H3. The van der Waals surface area contributed by atoms with Gasteiger partial charge in [-0.2, -0.15) is 0 Å². The van der Waals surface area contributed by atoms with Crippen LogP contribution < -0.4 is 4.72 Å². The minimum Gasteiger partial charge on any atom is -0.389 e. The van der Waals surface area contributed by atoms with Crippen LogP contribution in [-0.4, -0.2) is 35.2 Å². The van der Waals surface area contributed by atoms with Crippen molar-refractivity contribution in [3.8, 4) is 0 Å². The van der Waals surface area contributed by atoms with Crippen molar-refractivity contribution in [1.29, 1.82) is 0 Å². The van der Waals surface area contributed by atoms with E-state index in [-0.39, 0.29) is 16.7 Å². The molecule has 1 saturated carbocycles. The number of aliphatic hydroxyl groups is 1.